The lowest BCUT2D eigenvalue weighted by molar-refractivity contribution is 0.714. The number of rotatable bonds is 6. The zero-order valence-corrected chi connectivity index (χ0v) is 16.0. The molecule has 0 unspecified atom stereocenters. The van der Waals surface area contributed by atoms with Crippen LogP contribution in [0.4, 0.5) is 0 Å². The Bertz CT molecular complexity index is 912. The molecule has 1 aromatic heterocycles. The Kier molecular flexibility index (Phi) is 6.03. The number of hydrogen-bond donors (Lipinski definition) is 0. The molecule has 0 saturated heterocycles. The topological polar surface area (TPSA) is 12.9 Å². The number of aromatic nitrogens is 1. The van der Waals surface area contributed by atoms with Gasteiger partial charge in [-0.05, 0) is 101 Å². The molecule has 0 aliphatic heterocycles. The van der Waals surface area contributed by atoms with Gasteiger partial charge in [0.05, 0.1) is 0 Å². The highest BCUT2D eigenvalue weighted by Crippen LogP contribution is 2.37. The third-order valence-corrected chi connectivity index (χ3v) is 5.26. The summed E-state index contributed by atoms with van der Waals surface area (Å²) in [5.74, 6) is 0. The molecule has 0 bridgehead atoms. The maximum Gasteiger partial charge on any atom is 0.0273 e. The van der Waals surface area contributed by atoms with Gasteiger partial charge in [-0.1, -0.05) is 44.9 Å². The molecular weight excluding hydrogens is 326 g/mol. The van der Waals surface area contributed by atoms with E-state index in [4.69, 9.17) is 0 Å². The molecule has 1 aliphatic rings. The second-order valence-corrected chi connectivity index (χ2v) is 7.01. The molecule has 1 aliphatic carbocycles. The van der Waals surface area contributed by atoms with E-state index in [1.54, 1.807) is 0 Å². The van der Waals surface area contributed by atoms with Crippen molar-refractivity contribution < 1.29 is 0 Å². The van der Waals surface area contributed by atoms with Crippen LogP contribution in [-0.2, 0) is 0 Å². The minimum Gasteiger partial charge on any atom is -0.265 e. The van der Waals surface area contributed by atoms with Crippen molar-refractivity contribution in [3.8, 4) is 11.1 Å². The Morgan fingerprint density at radius 1 is 0.778 bits per heavy atom. The fourth-order valence-corrected chi connectivity index (χ4v) is 3.69. The summed E-state index contributed by atoms with van der Waals surface area (Å²) in [6.07, 6.45) is 13.2. The van der Waals surface area contributed by atoms with Crippen LogP contribution in [0, 0.1) is 0 Å². The first-order valence-corrected chi connectivity index (χ1v) is 9.55. The number of pyridine rings is 1. The van der Waals surface area contributed by atoms with Crippen molar-refractivity contribution >= 4 is 11.1 Å². The van der Waals surface area contributed by atoms with E-state index in [1.807, 2.05) is 36.7 Å². The van der Waals surface area contributed by atoms with E-state index < -0.39 is 0 Å². The van der Waals surface area contributed by atoms with Crippen LogP contribution in [0.1, 0.15) is 43.2 Å². The van der Waals surface area contributed by atoms with Gasteiger partial charge in [0.2, 0.25) is 0 Å². The second kappa shape index (κ2) is 8.64. The van der Waals surface area contributed by atoms with E-state index in [-0.39, 0.29) is 0 Å². The molecule has 2 aromatic rings. The summed E-state index contributed by atoms with van der Waals surface area (Å²) < 4.78 is 0. The van der Waals surface area contributed by atoms with Crippen LogP contribution in [-0.4, -0.2) is 4.98 Å². The molecule has 0 saturated carbocycles. The maximum absolute atomic E-state index is 4.25. The van der Waals surface area contributed by atoms with Gasteiger partial charge in [0.15, 0.2) is 0 Å². The zero-order valence-electron chi connectivity index (χ0n) is 16.0. The fourth-order valence-electron chi connectivity index (χ4n) is 3.69. The van der Waals surface area contributed by atoms with E-state index >= 15 is 0 Å². The van der Waals surface area contributed by atoms with Crippen LogP contribution in [0.15, 0.2) is 92.3 Å². The highest BCUT2D eigenvalue weighted by atomic mass is 14.6. The van der Waals surface area contributed by atoms with Gasteiger partial charge in [-0.25, -0.2) is 0 Å². The third kappa shape index (κ3) is 4.25. The number of allylic oxidation sites excluding steroid dienone is 6. The summed E-state index contributed by atoms with van der Waals surface area (Å²) in [4.78, 5) is 4.15. The van der Waals surface area contributed by atoms with Gasteiger partial charge in [0, 0.05) is 12.4 Å². The van der Waals surface area contributed by atoms with Crippen LogP contribution in [0.2, 0.25) is 0 Å². The molecule has 1 heterocycles. The van der Waals surface area contributed by atoms with Gasteiger partial charge in [0.1, 0.15) is 0 Å². The molecule has 27 heavy (non-hydrogen) atoms. The third-order valence-electron chi connectivity index (χ3n) is 5.26. The van der Waals surface area contributed by atoms with Crippen molar-refractivity contribution in [2.24, 2.45) is 0 Å². The van der Waals surface area contributed by atoms with Crippen molar-refractivity contribution in [1.29, 1.82) is 0 Å². The molecule has 0 radical (unpaired) electrons. The molecule has 136 valence electrons. The molecule has 0 atom stereocenters. The number of hydrogen-bond acceptors (Lipinski definition) is 1. The first kappa shape index (κ1) is 18.8. The summed E-state index contributed by atoms with van der Waals surface area (Å²) in [7, 11) is 0. The Labute approximate surface area is 163 Å². The minimum atomic E-state index is 0.936. The van der Waals surface area contributed by atoms with Crippen LogP contribution in [0.25, 0.3) is 22.3 Å². The van der Waals surface area contributed by atoms with Crippen molar-refractivity contribution in [3.63, 3.8) is 0 Å². The first-order valence-electron chi connectivity index (χ1n) is 9.55. The van der Waals surface area contributed by atoms with E-state index in [0.717, 1.165) is 35.1 Å². The Morgan fingerprint density at radius 2 is 1.44 bits per heavy atom. The van der Waals surface area contributed by atoms with E-state index in [2.05, 4.69) is 49.5 Å². The molecular formula is C26H27N. The lowest BCUT2D eigenvalue weighted by Gasteiger charge is -2.17. The van der Waals surface area contributed by atoms with Gasteiger partial charge < -0.3 is 0 Å². The maximum atomic E-state index is 4.25. The largest absolute Gasteiger partial charge is 0.265 e. The molecule has 0 amide bonds. The highest BCUT2D eigenvalue weighted by Gasteiger charge is 2.16. The SMILES string of the molecule is C=CC(=C)C1=C(c2cc(C(=C)C=C)cc(-c3ccncc3)c2)CCCCC1. The average Bonchev–Trinajstić information content (AvgIpc) is 2.99. The lowest BCUT2D eigenvalue weighted by atomic mass is 9.88. The monoisotopic (exact) mass is 353 g/mol. The van der Waals surface area contributed by atoms with Crippen LogP contribution in [0.5, 0.6) is 0 Å². The highest BCUT2D eigenvalue weighted by molar-refractivity contribution is 5.83. The predicted octanol–water partition coefficient (Wildman–Crippen LogP) is 7.41. The van der Waals surface area contributed by atoms with Gasteiger partial charge in [-0.15, -0.1) is 0 Å². The molecule has 3 rings (SSSR count). The van der Waals surface area contributed by atoms with E-state index in [9.17, 15) is 0 Å². The van der Waals surface area contributed by atoms with Gasteiger partial charge in [-0.2, -0.15) is 0 Å². The Morgan fingerprint density at radius 3 is 2.15 bits per heavy atom. The zero-order chi connectivity index (χ0) is 19.2. The quantitative estimate of drug-likeness (QED) is 0.493. The van der Waals surface area contributed by atoms with Crippen LogP contribution in [0.3, 0.4) is 0 Å². The molecule has 0 spiro atoms. The van der Waals surface area contributed by atoms with Crippen molar-refractivity contribution in [2.45, 2.75) is 32.1 Å². The first-order chi connectivity index (χ1) is 13.1. The molecule has 1 heteroatoms. The van der Waals surface area contributed by atoms with Gasteiger partial charge in [-0.3, -0.25) is 4.98 Å². The summed E-state index contributed by atoms with van der Waals surface area (Å²) in [6, 6.07) is 10.8. The van der Waals surface area contributed by atoms with Crippen LogP contribution < -0.4 is 0 Å². The molecule has 1 nitrogen and oxygen atoms in total. The Balaban J connectivity index is 2.22. The van der Waals surface area contributed by atoms with Crippen molar-refractivity contribution in [1.82, 2.24) is 4.98 Å². The second-order valence-electron chi connectivity index (χ2n) is 7.01. The van der Waals surface area contributed by atoms with Crippen LogP contribution >= 0.6 is 0 Å². The van der Waals surface area contributed by atoms with E-state index in [1.165, 1.54) is 41.5 Å². The summed E-state index contributed by atoms with van der Waals surface area (Å²) in [5, 5.41) is 0. The van der Waals surface area contributed by atoms with Gasteiger partial charge >= 0.3 is 0 Å². The molecule has 0 N–H and O–H groups in total. The van der Waals surface area contributed by atoms with Crippen molar-refractivity contribution in [2.75, 3.05) is 0 Å². The predicted molar refractivity (Wildman–Crippen MR) is 118 cm³/mol. The minimum absolute atomic E-state index is 0.936. The summed E-state index contributed by atoms with van der Waals surface area (Å²) >= 11 is 0. The molecule has 0 fully saturated rings. The average molecular weight is 354 g/mol. The number of benzene rings is 1. The lowest BCUT2D eigenvalue weighted by Crippen LogP contribution is -1.95. The Hall–Kier alpha value is -2.93. The van der Waals surface area contributed by atoms with Gasteiger partial charge in [0.25, 0.3) is 0 Å². The fraction of sp³-hybridized carbons (Fsp3) is 0.192. The van der Waals surface area contributed by atoms with Crippen molar-refractivity contribution in [3.05, 3.63) is 103 Å². The summed E-state index contributed by atoms with van der Waals surface area (Å²) in [5.41, 5.74) is 9.42. The number of nitrogens with zero attached hydrogens (tertiary/aromatic N) is 1. The smallest absolute Gasteiger partial charge is 0.0273 e. The van der Waals surface area contributed by atoms with E-state index in [0.29, 0.717) is 0 Å². The molecule has 1 aromatic carbocycles. The normalized spacial score (nSPS) is 14.4. The standard InChI is InChI=1S/C26H27N/c1-5-19(3)22-16-23(21-12-14-27-15-13-21)18-24(17-22)26-11-9-7-8-10-25(26)20(4)6-2/h5-6,12-18H,1-4,7-11H2. The summed E-state index contributed by atoms with van der Waals surface area (Å²) in [6.45, 7) is 16.3.